The molecule has 1 atom stereocenters. The quantitative estimate of drug-likeness (QED) is 0.621. The Labute approximate surface area is 158 Å². The molecule has 4 heteroatoms. The zero-order valence-electron chi connectivity index (χ0n) is 16.4. The van der Waals surface area contributed by atoms with Crippen molar-refractivity contribution in [2.24, 2.45) is 0 Å². The minimum atomic E-state index is 0.0698. The second-order valence-corrected chi connectivity index (χ2v) is 7.40. The minimum absolute atomic E-state index is 0.0698. The first kappa shape index (κ1) is 20.5. The summed E-state index contributed by atoms with van der Waals surface area (Å²) in [5.74, 6) is 0.206. The van der Waals surface area contributed by atoms with Crippen LogP contribution < -0.4 is 10.2 Å². The third-order valence-corrected chi connectivity index (χ3v) is 5.19. The van der Waals surface area contributed by atoms with Crippen LogP contribution in [0.3, 0.4) is 0 Å². The molecule has 2 rings (SSSR count). The minimum Gasteiger partial charge on any atom is -0.356 e. The average Bonchev–Trinajstić information content (AvgIpc) is 2.64. The van der Waals surface area contributed by atoms with Crippen LogP contribution in [-0.4, -0.2) is 24.4 Å². The summed E-state index contributed by atoms with van der Waals surface area (Å²) in [6, 6.07) is 8.40. The lowest BCUT2D eigenvalue weighted by atomic mass is 9.96. The van der Waals surface area contributed by atoms with Gasteiger partial charge in [0.2, 0.25) is 11.8 Å². The maximum atomic E-state index is 12.7. The SMILES string of the molecule is CCCCCCCNC(=O)CCCC(=O)N1c2ccccc2CC[C@H]1C. The molecule has 0 fully saturated rings. The largest absolute Gasteiger partial charge is 0.356 e. The molecule has 2 amide bonds. The number of hydrogen-bond donors (Lipinski definition) is 1. The van der Waals surface area contributed by atoms with E-state index in [1.54, 1.807) is 0 Å². The van der Waals surface area contributed by atoms with Crippen molar-refractivity contribution < 1.29 is 9.59 Å². The summed E-state index contributed by atoms with van der Waals surface area (Å²) in [7, 11) is 0. The Morgan fingerprint density at radius 2 is 1.85 bits per heavy atom. The smallest absolute Gasteiger partial charge is 0.227 e. The number of aryl methyl sites for hydroxylation is 1. The van der Waals surface area contributed by atoms with Crippen molar-refractivity contribution in [1.82, 2.24) is 5.32 Å². The molecule has 0 bridgehead atoms. The molecule has 144 valence electrons. The molecule has 1 aliphatic rings. The second kappa shape index (κ2) is 11.0. The van der Waals surface area contributed by atoms with Crippen LogP contribution in [0.2, 0.25) is 0 Å². The first-order valence-corrected chi connectivity index (χ1v) is 10.3. The van der Waals surface area contributed by atoms with E-state index in [4.69, 9.17) is 0 Å². The highest BCUT2D eigenvalue weighted by molar-refractivity contribution is 5.95. The number of para-hydroxylation sites is 1. The maximum absolute atomic E-state index is 12.7. The van der Waals surface area contributed by atoms with Gasteiger partial charge >= 0.3 is 0 Å². The van der Waals surface area contributed by atoms with Crippen LogP contribution in [0.1, 0.15) is 77.2 Å². The van der Waals surface area contributed by atoms with Gasteiger partial charge in [-0.05, 0) is 44.2 Å². The Morgan fingerprint density at radius 3 is 2.65 bits per heavy atom. The van der Waals surface area contributed by atoms with Gasteiger partial charge in [-0.15, -0.1) is 0 Å². The summed E-state index contributed by atoms with van der Waals surface area (Å²) in [4.78, 5) is 26.6. The summed E-state index contributed by atoms with van der Waals surface area (Å²) in [6.07, 6.45) is 9.50. The summed E-state index contributed by atoms with van der Waals surface area (Å²) >= 11 is 0. The van der Waals surface area contributed by atoms with Crippen molar-refractivity contribution in [1.29, 1.82) is 0 Å². The van der Waals surface area contributed by atoms with E-state index >= 15 is 0 Å². The Hall–Kier alpha value is -1.84. The molecule has 1 heterocycles. The molecule has 0 saturated carbocycles. The number of unbranched alkanes of at least 4 members (excludes halogenated alkanes) is 4. The second-order valence-electron chi connectivity index (χ2n) is 7.40. The fraction of sp³-hybridized carbons (Fsp3) is 0.636. The summed E-state index contributed by atoms with van der Waals surface area (Å²) in [5.41, 5.74) is 2.30. The van der Waals surface area contributed by atoms with E-state index < -0.39 is 0 Å². The van der Waals surface area contributed by atoms with Gasteiger partial charge in [0.15, 0.2) is 0 Å². The highest BCUT2D eigenvalue weighted by atomic mass is 16.2. The van der Waals surface area contributed by atoms with Crippen molar-refractivity contribution >= 4 is 17.5 Å². The van der Waals surface area contributed by atoms with Crippen LogP contribution >= 0.6 is 0 Å². The molecule has 0 aromatic heterocycles. The molecule has 0 aliphatic carbocycles. The highest BCUT2D eigenvalue weighted by Gasteiger charge is 2.27. The summed E-state index contributed by atoms with van der Waals surface area (Å²) in [5, 5.41) is 2.97. The third-order valence-electron chi connectivity index (χ3n) is 5.19. The van der Waals surface area contributed by atoms with Gasteiger partial charge in [-0.2, -0.15) is 0 Å². The lowest BCUT2D eigenvalue weighted by molar-refractivity contribution is -0.121. The first-order chi connectivity index (χ1) is 12.6. The Kier molecular flexibility index (Phi) is 8.66. The van der Waals surface area contributed by atoms with E-state index in [9.17, 15) is 9.59 Å². The molecular weight excluding hydrogens is 324 g/mol. The monoisotopic (exact) mass is 358 g/mol. The topological polar surface area (TPSA) is 49.4 Å². The van der Waals surface area contributed by atoms with E-state index in [1.807, 2.05) is 23.1 Å². The number of amides is 2. The Morgan fingerprint density at radius 1 is 1.08 bits per heavy atom. The Bertz CT molecular complexity index is 585. The summed E-state index contributed by atoms with van der Waals surface area (Å²) < 4.78 is 0. The molecule has 1 aromatic carbocycles. The van der Waals surface area contributed by atoms with E-state index in [-0.39, 0.29) is 17.9 Å². The van der Waals surface area contributed by atoms with Gasteiger partial charge in [0.05, 0.1) is 0 Å². The molecule has 26 heavy (non-hydrogen) atoms. The van der Waals surface area contributed by atoms with Crippen molar-refractivity contribution in [2.75, 3.05) is 11.4 Å². The first-order valence-electron chi connectivity index (χ1n) is 10.3. The van der Waals surface area contributed by atoms with E-state index in [0.29, 0.717) is 19.3 Å². The number of fused-ring (bicyclic) bond motifs is 1. The van der Waals surface area contributed by atoms with Crippen LogP contribution in [0.15, 0.2) is 24.3 Å². The number of nitrogens with zero attached hydrogens (tertiary/aromatic N) is 1. The van der Waals surface area contributed by atoms with Crippen LogP contribution in [0.5, 0.6) is 0 Å². The van der Waals surface area contributed by atoms with E-state index in [0.717, 1.165) is 31.5 Å². The molecule has 0 unspecified atom stereocenters. The maximum Gasteiger partial charge on any atom is 0.227 e. The van der Waals surface area contributed by atoms with Gasteiger partial charge in [0.25, 0.3) is 0 Å². The number of carbonyl (C=O) groups is 2. The van der Waals surface area contributed by atoms with Crippen molar-refractivity contribution in [2.45, 2.75) is 84.1 Å². The molecular formula is C22H34N2O2. The molecule has 0 saturated heterocycles. The average molecular weight is 359 g/mol. The summed E-state index contributed by atoms with van der Waals surface area (Å²) in [6.45, 7) is 5.07. The predicted octanol–water partition coefficient (Wildman–Crippen LogP) is 4.61. The molecule has 0 spiro atoms. The number of benzene rings is 1. The van der Waals surface area contributed by atoms with E-state index in [2.05, 4.69) is 25.2 Å². The fourth-order valence-corrected chi connectivity index (χ4v) is 3.63. The predicted molar refractivity (Wildman–Crippen MR) is 107 cm³/mol. The molecule has 1 N–H and O–H groups in total. The van der Waals surface area contributed by atoms with E-state index in [1.165, 1.54) is 31.2 Å². The van der Waals surface area contributed by atoms with Gasteiger partial charge in [0, 0.05) is 31.1 Å². The van der Waals surface area contributed by atoms with Crippen LogP contribution in [0.25, 0.3) is 0 Å². The Balaban J connectivity index is 1.69. The third kappa shape index (κ3) is 6.15. The van der Waals surface area contributed by atoms with Crippen LogP contribution in [-0.2, 0) is 16.0 Å². The normalized spacial score (nSPS) is 16.2. The lowest BCUT2D eigenvalue weighted by Crippen LogP contribution is -2.42. The van der Waals surface area contributed by atoms with Gasteiger partial charge in [-0.25, -0.2) is 0 Å². The van der Waals surface area contributed by atoms with Crippen molar-refractivity contribution in [3.05, 3.63) is 29.8 Å². The highest BCUT2D eigenvalue weighted by Crippen LogP contribution is 2.31. The standard InChI is InChI=1S/C22H34N2O2/c1-3-4-5-6-9-17-23-21(25)13-10-14-22(26)24-18(2)15-16-19-11-7-8-12-20(19)24/h7-8,11-12,18H,3-6,9-10,13-17H2,1-2H3,(H,23,25)/t18-/m1/s1. The van der Waals surface area contributed by atoms with Crippen molar-refractivity contribution in [3.8, 4) is 0 Å². The molecule has 1 aliphatic heterocycles. The van der Waals surface area contributed by atoms with Crippen molar-refractivity contribution in [3.63, 3.8) is 0 Å². The number of nitrogens with one attached hydrogen (secondary N) is 1. The number of hydrogen-bond acceptors (Lipinski definition) is 2. The number of anilines is 1. The van der Waals surface area contributed by atoms with Gasteiger partial charge in [0.1, 0.15) is 0 Å². The van der Waals surface area contributed by atoms with Gasteiger partial charge in [-0.1, -0.05) is 50.8 Å². The van der Waals surface area contributed by atoms with Crippen LogP contribution in [0.4, 0.5) is 5.69 Å². The molecule has 4 nitrogen and oxygen atoms in total. The molecule has 1 aromatic rings. The molecule has 0 radical (unpaired) electrons. The zero-order chi connectivity index (χ0) is 18.8. The number of carbonyl (C=O) groups excluding carboxylic acids is 2. The fourth-order valence-electron chi connectivity index (χ4n) is 3.63. The number of rotatable bonds is 10. The van der Waals surface area contributed by atoms with Gasteiger partial charge < -0.3 is 10.2 Å². The van der Waals surface area contributed by atoms with Gasteiger partial charge in [-0.3, -0.25) is 9.59 Å². The zero-order valence-corrected chi connectivity index (χ0v) is 16.4. The lowest BCUT2D eigenvalue weighted by Gasteiger charge is -2.35. The van der Waals surface area contributed by atoms with Crippen LogP contribution in [0, 0.1) is 0 Å².